The number of nitrogen functional groups attached to an aromatic ring is 1. The van der Waals surface area contributed by atoms with Crippen molar-refractivity contribution in [2.45, 2.75) is 28.6 Å². The number of para-hydroxylation sites is 1. The number of rotatable bonds is 5. The molecule has 2 unspecified atom stereocenters. The van der Waals surface area contributed by atoms with Crippen molar-refractivity contribution in [2.75, 3.05) is 36.2 Å². The second kappa shape index (κ2) is 11.2. The van der Waals surface area contributed by atoms with Crippen molar-refractivity contribution < 1.29 is 17.9 Å². The number of carbonyl (C=O) groups is 1. The quantitative estimate of drug-likeness (QED) is 0.346. The Morgan fingerprint density at radius 3 is 2.55 bits per heavy atom. The van der Waals surface area contributed by atoms with Crippen molar-refractivity contribution in [2.24, 2.45) is 5.92 Å². The van der Waals surface area contributed by atoms with Crippen LogP contribution < -0.4 is 16.0 Å². The second-order valence-electron chi connectivity index (χ2n) is 8.97. The highest BCUT2D eigenvalue weighted by molar-refractivity contribution is 7.92. The minimum atomic E-state index is -3.63. The van der Waals surface area contributed by atoms with Crippen LogP contribution in [0.3, 0.4) is 0 Å². The predicted molar refractivity (Wildman–Crippen MR) is 150 cm³/mol. The Morgan fingerprint density at radius 1 is 1.13 bits per heavy atom. The van der Waals surface area contributed by atoms with Crippen LogP contribution in [-0.2, 0) is 19.4 Å². The highest BCUT2D eigenvalue weighted by Crippen LogP contribution is 2.44. The van der Waals surface area contributed by atoms with E-state index in [0.717, 1.165) is 12.0 Å². The van der Waals surface area contributed by atoms with Gasteiger partial charge >= 0.3 is 0 Å². The first-order chi connectivity index (χ1) is 18.3. The number of amides is 1. The number of anilines is 4. The molecule has 2 aromatic carbocycles. The number of carbonyl (C=O) groups excluding carboxylic acids is 1. The molecule has 0 spiro atoms. The summed E-state index contributed by atoms with van der Waals surface area (Å²) in [5.74, 6) is -0.307. The van der Waals surface area contributed by atoms with Gasteiger partial charge < -0.3 is 20.7 Å². The number of fused-ring (bicyclic) bond motifs is 2. The maximum Gasteiger partial charge on any atom is 0.233 e. The fourth-order valence-corrected chi connectivity index (χ4v) is 7.27. The Kier molecular flexibility index (Phi) is 7.75. The Morgan fingerprint density at radius 2 is 1.89 bits per heavy atom. The van der Waals surface area contributed by atoms with E-state index in [2.05, 4.69) is 15.3 Å². The van der Waals surface area contributed by atoms with Gasteiger partial charge in [0.05, 0.1) is 27.1 Å². The summed E-state index contributed by atoms with van der Waals surface area (Å²) in [6, 6.07) is 12.2. The van der Waals surface area contributed by atoms with E-state index in [9.17, 15) is 13.2 Å². The maximum absolute atomic E-state index is 13.3. The molecule has 4 heterocycles. The standard InChI is InChI=1S/C23H23N3O4S2.C3H4N2S/c1-26-18-4-2-3-5-20(18)32(28,29)21-7-6-16(13-19(21)26)17(12-15-8-10-30-14-15)22(27)25-23-24-9-11-31-23;4-3-5-1-2-6-3/h2-7,9,11,13,15,17H,8,10,12,14H2,1H3,(H,24,25,27);1-2H,(H2,4,5). The van der Waals surface area contributed by atoms with Crippen molar-refractivity contribution in [3.63, 3.8) is 0 Å². The molecular weight excluding hydrogens is 543 g/mol. The lowest BCUT2D eigenvalue weighted by Gasteiger charge is -2.31. The lowest BCUT2D eigenvalue weighted by Crippen LogP contribution is -2.26. The van der Waals surface area contributed by atoms with E-state index in [4.69, 9.17) is 10.5 Å². The third-order valence-electron chi connectivity index (χ3n) is 6.58. The van der Waals surface area contributed by atoms with E-state index in [1.165, 1.54) is 22.7 Å². The highest BCUT2D eigenvalue weighted by Gasteiger charge is 2.34. The third-order valence-corrected chi connectivity index (χ3v) is 9.72. The van der Waals surface area contributed by atoms with Crippen LogP contribution in [0.25, 0.3) is 0 Å². The third kappa shape index (κ3) is 5.44. The molecule has 0 bridgehead atoms. The highest BCUT2D eigenvalue weighted by atomic mass is 32.2. The monoisotopic (exact) mass is 569 g/mol. The topological polar surface area (TPSA) is 128 Å². The molecule has 1 amide bonds. The van der Waals surface area contributed by atoms with E-state index in [1.54, 1.807) is 42.7 Å². The molecule has 6 rings (SSSR count). The van der Waals surface area contributed by atoms with E-state index in [1.807, 2.05) is 34.8 Å². The molecule has 12 heteroatoms. The van der Waals surface area contributed by atoms with Gasteiger partial charge in [0, 0.05) is 43.4 Å². The maximum atomic E-state index is 13.3. The molecule has 198 valence electrons. The van der Waals surface area contributed by atoms with Gasteiger partial charge in [-0.05, 0) is 48.6 Å². The molecule has 2 aliphatic heterocycles. The van der Waals surface area contributed by atoms with Gasteiger partial charge in [-0.3, -0.25) is 4.79 Å². The van der Waals surface area contributed by atoms with Gasteiger partial charge in [0.1, 0.15) is 0 Å². The first-order valence-corrected chi connectivity index (χ1v) is 15.2. The molecule has 0 radical (unpaired) electrons. The van der Waals surface area contributed by atoms with Gasteiger partial charge in [0.15, 0.2) is 10.3 Å². The Bertz CT molecular complexity index is 1500. The van der Waals surface area contributed by atoms with Crippen molar-refractivity contribution in [1.29, 1.82) is 0 Å². The molecular formula is C26H27N5O4S3. The number of hydrogen-bond acceptors (Lipinski definition) is 10. The molecule has 1 fully saturated rings. The number of nitrogens with zero attached hydrogens (tertiary/aromatic N) is 3. The summed E-state index contributed by atoms with van der Waals surface area (Å²) in [4.78, 5) is 23.6. The lowest BCUT2D eigenvalue weighted by atomic mass is 9.87. The van der Waals surface area contributed by atoms with Crippen LogP contribution in [0.5, 0.6) is 0 Å². The van der Waals surface area contributed by atoms with Crippen LogP contribution in [0.4, 0.5) is 21.6 Å². The minimum Gasteiger partial charge on any atom is -0.381 e. The van der Waals surface area contributed by atoms with Crippen molar-refractivity contribution in [1.82, 2.24) is 9.97 Å². The van der Waals surface area contributed by atoms with Crippen LogP contribution in [0, 0.1) is 5.92 Å². The number of sulfone groups is 1. The van der Waals surface area contributed by atoms with Crippen LogP contribution in [0.15, 0.2) is 75.4 Å². The molecule has 2 aromatic heterocycles. The number of thiazole rings is 2. The number of hydrogen-bond donors (Lipinski definition) is 2. The van der Waals surface area contributed by atoms with Crippen molar-refractivity contribution in [3.8, 4) is 0 Å². The number of benzene rings is 2. The van der Waals surface area contributed by atoms with Gasteiger partial charge in [-0.2, -0.15) is 0 Å². The molecule has 9 nitrogen and oxygen atoms in total. The fourth-order valence-electron chi connectivity index (χ4n) is 4.66. The van der Waals surface area contributed by atoms with Crippen LogP contribution >= 0.6 is 22.7 Å². The largest absolute Gasteiger partial charge is 0.381 e. The lowest BCUT2D eigenvalue weighted by molar-refractivity contribution is -0.118. The smallest absolute Gasteiger partial charge is 0.233 e. The van der Waals surface area contributed by atoms with Crippen molar-refractivity contribution >= 4 is 60.1 Å². The van der Waals surface area contributed by atoms with Gasteiger partial charge in [-0.15, -0.1) is 22.7 Å². The van der Waals surface area contributed by atoms with Gasteiger partial charge in [0.2, 0.25) is 15.7 Å². The zero-order chi connectivity index (χ0) is 26.7. The summed E-state index contributed by atoms with van der Waals surface area (Å²) in [5.41, 5.74) is 7.18. The average molecular weight is 570 g/mol. The van der Waals surface area contributed by atoms with Gasteiger partial charge in [-0.25, -0.2) is 18.4 Å². The SMILES string of the molecule is CN1c2ccccc2S(=O)(=O)c2ccc(C(CC3CCOC3)C(=O)Nc3nccs3)cc21.Nc1nccs1. The number of ether oxygens (including phenoxy) is 1. The summed E-state index contributed by atoms with van der Waals surface area (Å²) >= 11 is 2.81. The molecule has 2 aliphatic rings. The summed E-state index contributed by atoms with van der Waals surface area (Å²) in [5, 5.41) is 7.75. The van der Waals surface area contributed by atoms with E-state index >= 15 is 0 Å². The predicted octanol–water partition coefficient (Wildman–Crippen LogP) is 4.93. The molecule has 38 heavy (non-hydrogen) atoms. The molecule has 0 saturated carbocycles. The van der Waals surface area contributed by atoms with Gasteiger partial charge in [-0.1, -0.05) is 18.2 Å². The summed E-state index contributed by atoms with van der Waals surface area (Å²) in [6.07, 6.45) is 4.87. The molecule has 3 N–H and O–H groups in total. The number of aromatic nitrogens is 2. The summed E-state index contributed by atoms with van der Waals surface area (Å²) in [7, 11) is -1.78. The number of nitrogens with two attached hydrogens (primary N) is 1. The second-order valence-corrected chi connectivity index (χ2v) is 12.7. The molecule has 1 saturated heterocycles. The van der Waals surface area contributed by atoms with Crippen LogP contribution in [0.1, 0.15) is 24.3 Å². The van der Waals surface area contributed by atoms with E-state index in [-0.39, 0.29) is 16.7 Å². The number of nitrogens with one attached hydrogen (secondary N) is 1. The van der Waals surface area contributed by atoms with E-state index in [0.29, 0.717) is 46.2 Å². The first kappa shape index (κ1) is 26.3. The Labute approximate surface area is 229 Å². The summed E-state index contributed by atoms with van der Waals surface area (Å²) in [6.45, 7) is 1.33. The van der Waals surface area contributed by atoms with E-state index < -0.39 is 15.8 Å². The van der Waals surface area contributed by atoms with Crippen molar-refractivity contribution in [3.05, 3.63) is 71.2 Å². The van der Waals surface area contributed by atoms with Crippen LogP contribution in [-0.4, -0.2) is 44.6 Å². The minimum absolute atomic E-state index is 0.145. The Hall–Kier alpha value is -3.32. The van der Waals surface area contributed by atoms with Gasteiger partial charge in [0.25, 0.3) is 0 Å². The zero-order valence-electron chi connectivity index (χ0n) is 20.6. The fraction of sp³-hybridized carbons (Fsp3) is 0.269. The van der Waals surface area contributed by atoms with Crippen LogP contribution in [0.2, 0.25) is 0 Å². The normalized spacial score (nSPS) is 18.0. The molecule has 2 atom stereocenters. The zero-order valence-corrected chi connectivity index (χ0v) is 23.1. The average Bonchev–Trinajstić information content (AvgIpc) is 3.71. The molecule has 4 aromatic rings. The molecule has 0 aliphatic carbocycles. The first-order valence-electron chi connectivity index (χ1n) is 12.0. The summed E-state index contributed by atoms with van der Waals surface area (Å²) < 4.78 is 32.0. The Balaban J connectivity index is 0.000000433.